The van der Waals surface area contributed by atoms with E-state index in [1.807, 2.05) is 0 Å². The first-order valence-electron chi connectivity index (χ1n) is 3.28. The van der Waals surface area contributed by atoms with Crippen molar-refractivity contribution in [2.75, 3.05) is 5.73 Å². The lowest BCUT2D eigenvalue weighted by Gasteiger charge is -2.02. The molecule has 1 aromatic carbocycles. The number of Topliss-reactive ketones (excluding diaryl/α,β-unsaturated/α-hetero) is 1. The van der Waals surface area contributed by atoms with Crippen molar-refractivity contribution < 1.29 is 9.18 Å². The summed E-state index contributed by atoms with van der Waals surface area (Å²) in [4.78, 5) is 10.9. The van der Waals surface area contributed by atoms with E-state index in [2.05, 4.69) is 15.9 Å². The maximum absolute atomic E-state index is 13.0. The van der Waals surface area contributed by atoms with Crippen LogP contribution in [0.4, 0.5) is 10.1 Å². The fraction of sp³-hybridized carbons (Fsp3) is 0.125. The largest absolute Gasteiger partial charge is 0.399 e. The summed E-state index contributed by atoms with van der Waals surface area (Å²) in [7, 11) is 0. The van der Waals surface area contributed by atoms with Gasteiger partial charge >= 0.3 is 0 Å². The average Bonchev–Trinajstić information content (AvgIpc) is 1.82. The average molecular weight is 232 g/mol. The van der Waals surface area contributed by atoms with Crippen LogP contribution >= 0.6 is 15.9 Å². The number of halogens is 2. The van der Waals surface area contributed by atoms with Crippen molar-refractivity contribution in [3.05, 3.63) is 28.0 Å². The predicted octanol–water partition coefficient (Wildman–Crippen LogP) is 2.37. The van der Waals surface area contributed by atoms with Crippen molar-refractivity contribution in [2.45, 2.75) is 6.92 Å². The Kier molecular flexibility index (Phi) is 2.47. The van der Waals surface area contributed by atoms with E-state index in [9.17, 15) is 9.18 Å². The first-order valence-corrected chi connectivity index (χ1v) is 4.07. The van der Waals surface area contributed by atoms with Gasteiger partial charge in [0, 0.05) is 10.2 Å². The minimum absolute atomic E-state index is 0.0456. The maximum atomic E-state index is 13.0. The van der Waals surface area contributed by atoms with E-state index < -0.39 is 5.82 Å². The van der Waals surface area contributed by atoms with Crippen molar-refractivity contribution in [3.8, 4) is 0 Å². The number of rotatable bonds is 1. The molecule has 2 nitrogen and oxygen atoms in total. The van der Waals surface area contributed by atoms with Crippen LogP contribution in [0.5, 0.6) is 0 Å². The second-order valence-electron chi connectivity index (χ2n) is 2.42. The highest BCUT2D eigenvalue weighted by Gasteiger charge is 2.11. The Hall–Kier alpha value is -0.900. The van der Waals surface area contributed by atoms with Crippen LogP contribution in [-0.2, 0) is 0 Å². The third-order valence-electron chi connectivity index (χ3n) is 1.42. The first kappa shape index (κ1) is 9.19. The normalized spacial score (nSPS) is 9.92. The fourth-order valence-electron chi connectivity index (χ4n) is 0.929. The summed E-state index contributed by atoms with van der Waals surface area (Å²) in [5.74, 6) is -0.909. The zero-order valence-corrected chi connectivity index (χ0v) is 7.98. The number of hydrogen-bond donors (Lipinski definition) is 1. The van der Waals surface area contributed by atoms with Crippen molar-refractivity contribution in [2.24, 2.45) is 0 Å². The van der Waals surface area contributed by atoms with E-state index in [4.69, 9.17) is 5.73 Å². The van der Waals surface area contributed by atoms with Crippen molar-refractivity contribution in [3.63, 3.8) is 0 Å². The van der Waals surface area contributed by atoms with Gasteiger partial charge in [0.15, 0.2) is 5.78 Å². The molecule has 4 heteroatoms. The Morgan fingerprint density at radius 2 is 2.17 bits per heavy atom. The SMILES string of the molecule is CC(=O)c1c(F)cc(N)cc1Br. The molecule has 0 saturated carbocycles. The minimum Gasteiger partial charge on any atom is -0.399 e. The molecule has 0 heterocycles. The molecule has 64 valence electrons. The Morgan fingerprint density at radius 1 is 1.58 bits per heavy atom. The van der Waals surface area contributed by atoms with E-state index >= 15 is 0 Å². The fourth-order valence-corrected chi connectivity index (χ4v) is 1.66. The van der Waals surface area contributed by atoms with E-state index in [-0.39, 0.29) is 11.3 Å². The summed E-state index contributed by atoms with van der Waals surface area (Å²) in [6.45, 7) is 1.30. The molecular weight excluding hydrogens is 225 g/mol. The highest BCUT2D eigenvalue weighted by Crippen LogP contribution is 2.23. The van der Waals surface area contributed by atoms with Crippen molar-refractivity contribution >= 4 is 27.4 Å². The summed E-state index contributed by atoms with van der Waals surface area (Å²) in [5, 5.41) is 0. The van der Waals surface area contributed by atoms with Crippen LogP contribution in [0.25, 0.3) is 0 Å². The van der Waals surface area contributed by atoms with Gasteiger partial charge in [-0.15, -0.1) is 0 Å². The third-order valence-corrected chi connectivity index (χ3v) is 2.04. The summed E-state index contributed by atoms with van der Waals surface area (Å²) in [6, 6.07) is 2.63. The number of nitrogens with two attached hydrogens (primary N) is 1. The van der Waals surface area contributed by atoms with Gasteiger partial charge in [-0.25, -0.2) is 4.39 Å². The summed E-state index contributed by atoms with van der Waals surface area (Å²) in [5.41, 5.74) is 5.69. The molecule has 0 aliphatic carbocycles. The molecule has 1 rings (SSSR count). The van der Waals surface area contributed by atoms with Crippen molar-refractivity contribution in [1.82, 2.24) is 0 Å². The van der Waals surface area contributed by atoms with Gasteiger partial charge in [0.05, 0.1) is 5.56 Å². The molecule has 0 spiro atoms. The number of hydrogen-bond acceptors (Lipinski definition) is 2. The number of carbonyl (C=O) groups excluding carboxylic acids is 1. The quantitative estimate of drug-likeness (QED) is 0.596. The van der Waals surface area contributed by atoms with Gasteiger partial charge < -0.3 is 5.73 Å². The lowest BCUT2D eigenvalue weighted by atomic mass is 10.1. The molecule has 0 atom stereocenters. The molecule has 0 aliphatic heterocycles. The van der Waals surface area contributed by atoms with Crippen LogP contribution in [0.1, 0.15) is 17.3 Å². The lowest BCUT2D eigenvalue weighted by Crippen LogP contribution is -2.00. The lowest BCUT2D eigenvalue weighted by molar-refractivity contribution is 0.101. The van der Waals surface area contributed by atoms with Crippen molar-refractivity contribution in [1.29, 1.82) is 0 Å². The van der Waals surface area contributed by atoms with E-state index in [0.29, 0.717) is 10.2 Å². The van der Waals surface area contributed by atoms with Crippen LogP contribution < -0.4 is 5.73 Å². The topological polar surface area (TPSA) is 43.1 Å². The second kappa shape index (κ2) is 3.23. The number of nitrogen functional groups attached to an aromatic ring is 1. The number of ketones is 1. The highest BCUT2D eigenvalue weighted by molar-refractivity contribution is 9.10. The van der Waals surface area contributed by atoms with Gasteiger partial charge in [-0.05, 0) is 35.0 Å². The Balaban J connectivity index is 3.38. The molecule has 2 N–H and O–H groups in total. The van der Waals surface area contributed by atoms with Crippen LogP contribution in [0.3, 0.4) is 0 Å². The third kappa shape index (κ3) is 1.64. The summed E-state index contributed by atoms with van der Waals surface area (Å²) < 4.78 is 13.4. The standard InChI is InChI=1S/C8H7BrFNO/c1-4(12)8-6(9)2-5(11)3-7(8)10/h2-3H,11H2,1H3. The molecule has 0 amide bonds. The Bertz CT molecular complexity index is 315. The zero-order valence-electron chi connectivity index (χ0n) is 6.40. The molecule has 1 aromatic rings. The molecule has 0 saturated heterocycles. The molecule has 12 heavy (non-hydrogen) atoms. The van der Waals surface area contributed by atoms with Gasteiger partial charge in [0.25, 0.3) is 0 Å². The molecule has 0 fully saturated rings. The summed E-state index contributed by atoms with van der Waals surface area (Å²) >= 11 is 3.06. The van der Waals surface area contributed by atoms with Crippen LogP contribution in [0.2, 0.25) is 0 Å². The van der Waals surface area contributed by atoms with Gasteiger partial charge in [0.2, 0.25) is 0 Å². The van der Waals surface area contributed by atoms with Gasteiger partial charge in [0.1, 0.15) is 5.82 Å². The van der Waals surface area contributed by atoms with Crippen LogP contribution in [0.15, 0.2) is 16.6 Å². The van der Waals surface area contributed by atoms with Crippen LogP contribution in [-0.4, -0.2) is 5.78 Å². The second-order valence-corrected chi connectivity index (χ2v) is 3.27. The van der Waals surface area contributed by atoms with E-state index in [1.165, 1.54) is 13.0 Å². The molecule has 0 aromatic heterocycles. The molecule has 0 aliphatic rings. The molecular formula is C8H7BrFNO. The minimum atomic E-state index is -0.589. The monoisotopic (exact) mass is 231 g/mol. The Labute approximate surface area is 77.7 Å². The van der Waals surface area contributed by atoms with E-state index in [1.54, 1.807) is 0 Å². The van der Waals surface area contributed by atoms with Gasteiger partial charge in [-0.3, -0.25) is 4.79 Å². The number of benzene rings is 1. The van der Waals surface area contributed by atoms with E-state index in [0.717, 1.165) is 6.07 Å². The smallest absolute Gasteiger partial charge is 0.163 e. The molecule has 0 bridgehead atoms. The number of carbonyl (C=O) groups is 1. The highest BCUT2D eigenvalue weighted by atomic mass is 79.9. The molecule has 0 radical (unpaired) electrons. The predicted molar refractivity (Wildman–Crippen MR) is 48.5 cm³/mol. The number of anilines is 1. The van der Waals surface area contributed by atoms with Gasteiger partial charge in [-0.2, -0.15) is 0 Å². The van der Waals surface area contributed by atoms with Gasteiger partial charge in [-0.1, -0.05) is 0 Å². The summed E-state index contributed by atoms with van der Waals surface area (Å²) in [6.07, 6.45) is 0. The maximum Gasteiger partial charge on any atom is 0.163 e. The zero-order chi connectivity index (χ0) is 9.30. The first-order chi connectivity index (χ1) is 5.52. The Morgan fingerprint density at radius 3 is 2.58 bits per heavy atom. The van der Waals surface area contributed by atoms with Crippen LogP contribution in [0, 0.1) is 5.82 Å². The molecule has 0 unspecified atom stereocenters.